The molecule has 0 radical (unpaired) electrons. The summed E-state index contributed by atoms with van der Waals surface area (Å²) in [6.07, 6.45) is 4.08. The molecule has 1 aromatic rings. The van der Waals surface area contributed by atoms with Crippen LogP contribution in [0.15, 0.2) is 5.03 Å². The molecule has 1 heterocycles. The number of hydrogen-bond donors (Lipinski definition) is 1. The van der Waals surface area contributed by atoms with Crippen LogP contribution in [0, 0.1) is 0 Å². The van der Waals surface area contributed by atoms with Gasteiger partial charge in [0.1, 0.15) is 0 Å². The van der Waals surface area contributed by atoms with Gasteiger partial charge in [-0.2, -0.15) is 5.10 Å². The van der Waals surface area contributed by atoms with Crippen molar-refractivity contribution in [1.29, 1.82) is 0 Å². The monoisotopic (exact) mass is 200 g/mol. The third-order valence-corrected chi connectivity index (χ3v) is 3.27. The Morgan fingerprint density at radius 2 is 2.15 bits per heavy atom. The fourth-order valence-electron chi connectivity index (χ4n) is 1.87. The third kappa shape index (κ3) is 1.42. The Bertz CT molecular complexity index is 359. The van der Waals surface area contributed by atoms with Crippen molar-refractivity contribution in [2.75, 3.05) is 0 Å². The highest BCUT2D eigenvalue weighted by atomic mass is 32.2. The van der Waals surface area contributed by atoms with E-state index in [4.69, 9.17) is 4.55 Å². The molecule has 4 nitrogen and oxygen atoms in total. The van der Waals surface area contributed by atoms with E-state index in [9.17, 15) is 4.21 Å². The van der Waals surface area contributed by atoms with Crippen LogP contribution in [0.3, 0.4) is 0 Å². The van der Waals surface area contributed by atoms with Gasteiger partial charge in [-0.1, -0.05) is 0 Å². The summed E-state index contributed by atoms with van der Waals surface area (Å²) in [4.78, 5) is 0. The molecule has 0 saturated carbocycles. The summed E-state index contributed by atoms with van der Waals surface area (Å²) in [5.74, 6) is 0. The van der Waals surface area contributed by atoms with Crippen LogP contribution in [0.25, 0.3) is 0 Å². The molecule has 1 aromatic heterocycles. The van der Waals surface area contributed by atoms with Crippen LogP contribution in [-0.2, 0) is 31.0 Å². The molecular formula is C8H12N2O2S. The van der Waals surface area contributed by atoms with Crippen LogP contribution in [0.5, 0.6) is 0 Å². The van der Waals surface area contributed by atoms with Gasteiger partial charge in [-0.05, 0) is 25.7 Å². The molecule has 1 aliphatic carbocycles. The smallest absolute Gasteiger partial charge is 0.205 e. The second-order valence-corrected chi connectivity index (χ2v) is 4.20. The molecule has 0 amide bonds. The van der Waals surface area contributed by atoms with E-state index in [0.29, 0.717) is 5.03 Å². The van der Waals surface area contributed by atoms with E-state index in [1.165, 1.54) is 4.68 Å². The molecule has 1 N–H and O–H groups in total. The van der Waals surface area contributed by atoms with Gasteiger partial charge < -0.3 is 4.55 Å². The molecule has 0 aliphatic heterocycles. The van der Waals surface area contributed by atoms with Crippen LogP contribution in [0.1, 0.15) is 24.1 Å². The second-order valence-electron chi connectivity index (χ2n) is 3.31. The Morgan fingerprint density at radius 1 is 1.46 bits per heavy atom. The largest absolute Gasteiger partial charge is 0.301 e. The molecular weight excluding hydrogens is 188 g/mol. The van der Waals surface area contributed by atoms with Gasteiger partial charge in [0.15, 0.2) is 5.03 Å². The van der Waals surface area contributed by atoms with E-state index in [1.54, 1.807) is 7.05 Å². The van der Waals surface area contributed by atoms with E-state index in [-0.39, 0.29) is 0 Å². The fourth-order valence-corrected chi connectivity index (χ4v) is 2.57. The molecule has 1 aliphatic rings. The van der Waals surface area contributed by atoms with Crippen LogP contribution >= 0.6 is 0 Å². The zero-order valence-corrected chi connectivity index (χ0v) is 8.30. The van der Waals surface area contributed by atoms with E-state index < -0.39 is 11.1 Å². The summed E-state index contributed by atoms with van der Waals surface area (Å²) in [5, 5.41) is 4.72. The molecule has 0 aromatic carbocycles. The highest BCUT2D eigenvalue weighted by molar-refractivity contribution is 7.79. The maximum atomic E-state index is 11.0. The molecule has 1 atom stereocenters. The van der Waals surface area contributed by atoms with Gasteiger partial charge in [0.05, 0.1) is 5.69 Å². The summed E-state index contributed by atoms with van der Waals surface area (Å²) in [6, 6.07) is 0. The number of rotatable bonds is 1. The van der Waals surface area contributed by atoms with Crippen molar-refractivity contribution in [1.82, 2.24) is 9.78 Å². The Labute approximate surface area is 79.2 Å². The summed E-state index contributed by atoms with van der Waals surface area (Å²) in [5.41, 5.74) is 2.00. The zero-order chi connectivity index (χ0) is 9.42. The van der Waals surface area contributed by atoms with Crippen LogP contribution in [-0.4, -0.2) is 18.5 Å². The average molecular weight is 200 g/mol. The predicted molar refractivity (Wildman–Crippen MR) is 48.9 cm³/mol. The molecule has 72 valence electrons. The number of hydrogen-bond acceptors (Lipinski definition) is 2. The minimum atomic E-state index is -1.90. The number of fused-ring (bicyclic) bond motifs is 1. The first-order valence-corrected chi connectivity index (χ1v) is 5.46. The average Bonchev–Trinajstić information content (AvgIpc) is 2.39. The van der Waals surface area contributed by atoms with Gasteiger partial charge in [-0.3, -0.25) is 4.68 Å². The predicted octanol–water partition coefficient (Wildman–Crippen LogP) is 0.879. The first kappa shape index (κ1) is 8.90. The summed E-state index contributed by atoms with van der Waals surface area (Å²) in [7, 11) is 1.72. The molecule has 0 spiro atoms. The topological polar surface area (TPSA) is 55.1 Å². The maximum Gasteiger partial charge on any atom is 0.205 e. The molecule has 2 rings (SSSR count). The highest BCUT2D eigenvalue weighted by Gasteiger charge is 2.21. The number of aryl methyl sites for hydroxylation is 2. The van der Waals surface area contributed by atoms with E-state index in [1.807, 2.05) is 0 Å². The normalized spacial score (nSPS) is 18.3. The first-order chi connectivity index (χ1) is 6.20. The molecule has 1 unspecified atom stereocenters. The minimum absolute atomic E-state index is 0.481. The Hall–Kier alpha value is -0.680. The highest BCUT2D eigenvalue weighted by Crippen LogP contribution is 2.24. The molecule has 13 heavy (non-hydrogen) atoms. The van der Waals surface area contributed by atoms with Crippen molar-refractivity contribution < 1.29 is 8.76 Å². The quantitative estimate of drug-likeness (QED) is 0.685. The van der Waals surface area contributed by atoms with E-state index >= 15 is 0 Å². The van der Waals surface area contributed by atoms with Crippen molar-refractivity contribution in [3.05, 3.63) is 11.3 Å². The summed E-state index contributed by atoms with van der Waals surface area (Å²) < 4.78 is 21.6. The lowest BCUT2D eigenvalue weighted by atomic mass is 9.99. The summed E-state index contributed by atoms with van der Waals surface area (Å²) >= 11 is -1.90. The van der Waals surface area contributed by atoms with E-state index in [0.717, 1.165) is 36.9 Å². The molecule has 0 bridgehead atoms. The van der Waals surface area contributed by atoms with Gasteiger partial charge >= 0.3 is 0 Å². The van der Waals surface area contributed by atoms with Crippen LogP contribution in [0.4, 0.5) is 0 Å². The van der Waals surface area contributed by atoms with E-state index in [2.05, 4.69) is 5.10 Å². The van der Waals surface area contributed by atoms with Gasteiger partial charge in [-0.15, -0.1) is 0 Å². The molecule has 0 saturated heterocycles. The van der Waals surface area contributed by atoms with Gasteiger partial charge in [0.25, 0.3) is 0 Å². The Kier molecular flexibility index (Phi) is 2.21. The SMILES string of the molecule is Cn1nc2c(c1S(=O)O)CCCC2. The lowest BCUT2D eigenvalue weighted by molar-refractivity contribution is 0.544. The van der Waals surface area contributed by atoms with Gasteiger partial charge in [0.2, 0.25) is 11.1 Å². The number of aromatic nitrogens is 2. The number of nitrogens with zero attached hydrogens (tertiary/aromatic N) is 2. The lowest BCUT2D eigenvalue weighted by Gasteiger charge is -2.08. The summed E-state index contributed by atoms with van der Waals surface area (Å²) in [6.45, 7) is 0. The third-order valence-electron chi connectivity index (χ3n) is 2.43. The standard InChI is InChI=1S/C8H12N2O2S/c1-10-8(13(11)12)6-4-2-3-5-7(6)9-10/h2-5H2,1H3,(H,11,12). The van der Waals surface area contributed by atoms with Crippen LogP contribution < -0.4 is 0 Å². The van der Waals surface area contributed by atoms with Gasteiger partial charge in [-0.25, -0.2) is 4.21 Å². The van der Waals surface area contributed by atoms with Crippen molar-refractivity contribution in [2.24, 2.45) is 7.05 Å². The minimum Gasteiger partial charge on any atom is -0.301 e. The fraction of sp³-hybridized carbons (Fsp3) is 0.625. The zero-order valence-electron chi connectivity index (χ0n) is 7.49. The maximum absolute atomic E-state index is 11.0. The van der Waals surface area contributed by atoms with Crippen LogP contribution in [0.2, 0.25) is 0 Å². The first-order valence-electron chi connectivity index (χ1n) is 4.35. The second kappa shape index (κ2) is 3.23. The Morgan fingerprint density at radius 3 is 2.85 bits per heavy atom. The van der Waals surface area contributed by atoms with Gasteiger partial charge in [0, 0.05) is 12.6 Å². The molecule has 0 fully saturated rings. The van der Waals surface area contributed by atoms with Crippen molar-refractivity contribution in [2.45, 2.75) is 30.7 Å². The van der Waals surface area contributed by atoms with Crippen molar-refractivity contribution >= 4 is 11.1 Å². The van der Waals surface area contributed by atoms with Crippen molar-refractivity contribution in [3.63, 3.8) is 0 Å². The lowest BCUT2D eigenvalue weighted by Crippen LogP contribution is -2.04. The molecule has 5 heteroatoms. The Balaban J connectivity index is 2.54. The van der Waals surface area contributed by atoms with Crippen molar-refractivity contribution in [3.8, 4) is 0 Å².